The molecule has 1 aromatic rings. The summed E-state index contributed by atoms with van der Waals surface area (Å²) in [7, 11) is 0. The Balaban J connectivity index is 2.12. The van der Waals surface area contributed by atoms with Gasteiger partial charge in [0.15, 0.2) is 11.5 Å². The Morgan fingerprint density at radius 3 is 2.78 bits per heavy atom. The summed E-state index contributed by atoms with van der Waals surface area (Å²) >= 11 is 5.53. The molecule has 1 aliphatic rings. The summed E-state index contributed by atoms with van der Waals surface area (Å²) in [6.07, 6.45) is 0.820. The van der Waals surface area contributed by atoms with Gasteiger partial charge in [-0.25, -0.2) is 4.79 Å². The third-order valence-corrected chi connectivity index (χ3v) is 2.45. The maximum absolute atomic E-state index is 11.7. The molecule has 1 aliphatic heterocycles. The maximum Gasteiger partial charge on any atom is 0.338 e. The smallest absolute Gasteiger partial charge is 0.338 e. The molecule has 0 radical (unpaired) electrons. The number of benzene rings is 1. The minimum atomic E-state index is -0.465. The number of rotatable bonds is 3. The van der Waals surface area contributed by atoms with Crippen LogP contribution in [-0.4, -0.2) is 25.8 Å². The van der Waals surface area contributed by atoms with Crippen LogP contribution in [0.5, 0.6) is 11.5 Å². The van der Waals surface area contributed by atoms with E-state index in [0.29, 0.717) is 30.3 Å². The first-order valence-electron chi connectivity index (χ1n) is 5.57. The van der Waals surface area contributed by atoms with Crippen LogP contribution in [0.2, 0.25) is 0 Å². The predicted octanol–water partition coefficient (Wildman–Crippen LogP) is 2.76. The second-order valence-corrected chi connectivity index (χ2v) is 4.34. The van der Waals surface area contributed by atoms with Crippen molar-refractivity contribution in [3.05, 3.63) is 35.4 Å². The van der Waals surface area contributed by atoms with Crippen LogP contribution in [0, 0.1) is 0 Å². The lowest BCUT2D eigenvalue weighted by Gasteiger charge is -2.09. The Labute approximate surface area is 110 Å². The molecule has 18 heavy (non-hydrogen) atoms. The molecule has 0 spiro atoms. The average molecular weight is 269 g/mol. The molecule has 1 heterocycles. The number of hydrogen-bond donors (Lipinski definition) is 0. The van der Waals surface area contributed by atoms with Crippen molar-refractivity contribution in [1.29, 1.82) is 0 Å². The monoisotopic (exact) mass is 268 g/mol. The number of carbonyl (C=O) groups is 1. The summed E-state index contributed by atoms with van der Waals surface area (Å²) in [5.74, 6) is 0.741. The maximum atomic E-state index is 11.7. The molecule has 0 aromatic heterocycles. The minimum Gasteiger partial charge on any atom is -0.490 e. The van der Waals surface area contributed by atoms with E-state index in [1.54, 1.807) is 18.2 Å². The average Bonchev–Trinajstić information content (AvgIpc) is 2.60. The predicted molar refractivity (Wildman–Crippen MR) is 67.3 cm³/mol. The summed E-state index contributed by atoms with van der Waals surface area (Å²) in [4.78, 5) is 11.7. The van der Waals surface area contributed by atoms with Gasteiger partial charge in [-0.1, -0.05) is 18.2 Å². The second-order valence-electron chi connectivity index (χ2n) is 3.81. The van der Waals surface area contributed by atoms with Gasteiger partial charge in [-0.05, 0) is 18.2 Å². The summed E-state index contributed by atoms with van der Waals surface area (Å²) in [5, 5.41) is 0.276. The zero-order valence-electron chi connectivity index (χ0n) is 9.78. The normalized spacial score (nSPS) is 13.6. The van der Waals surface area contributed by atoms with E-state index >= 15 is 0 Å². The Hall–Kier alpha value is -1.68. The van der Waals surface area contributed by atoms with Crippen molar-refractivity contribution >= 4 is 17.6 Å². The molecule has 0 saturated carbocycles. The Bertz CT molecular complexity index is 470. The molecule has 0 aliphatic carbocycles. The molecule has 0 bridgehead atoms. The van der Waals surface area contributed by atoms with E-state index in [4.69, 9.17) is 25.8 Å². The van der Waals surface area contributed by atoms with Gasteiger partial charge in [-0.3, -0.25) is 0 Å². The van der Waals surface area contributed by atoms with Gasteiger partial charge < -0.3 is 14.2 Å². The molecule has 0 amide bonds. The van der Waals surface area contributed by atoms with E-state index < -0.39 is 5.97 Å². The van der Waals surface area contributed by atoms with Crippen LogP contribution in [0.3, 0.4) is 0 Å². The molecule has 4 nitrogen and oxygen atoms in total. The highest BCUT2D eigenvalue weighted by Gasteiger charge is 2.14. The number of hydrogen-bond acceptors (Lipinski definition) is 4. The molecule has 0 unspecified atom stereocenters. The van der Waals surface area contributed by atoms with Crippen molar-refractivity contribution in [1.82, 2.24) is 0 Å². The van der Waals surface area contributed by atoms with Gasteiger partial charge in [0.1, 0.15) is 6.61 Å². The molecule has 5 heteroatoms. The lowest BCUT2D eigenvalue weighted by Crippen LogP contribution is -2.06. The highest BCUT2D eigenvalue weighted by Crippen LogP contribution is 2.30. The molecule has 1 aromatic carbocycles. The van der Waals surface area contributed by atoms with Gasteiger partial charge in [-0.15, -0.1) is 0 Å². The highest BCUT2D eigenvalue weighted by atomic mass is 35.5. The minimum absolute atomic E-state index is 0.00513. The van der Waals surface area contributed by atoms with Crippen molar-refractivity contribution < 1.29 is 19.0 Å². The summed E-state index contributed by atoms with van der Waals surface area (Å²) in [5.41, 5.74) is 0.400. The molecule has 0 N–H and O–H groups in total. The van der Waals surface area contributed by atoms with Crippen molar-refractivity contribution in [2.45, 2.75) is 6.42 Å². The van der Waals surface area contributed by atoms with Crippen molar-refractivity contribution in [3.8, 4) is 11.5 Å². The fourth-order valence-corrected chi connectivity index (χ4v) is 1.57. The first-order chi connectivity index (χ1) is 8.66. The molecular formula is C13H13ClO4. The van der Waals surface area contributed by atoms with E-state index in [-0.39, 0.29) is 11.6 Å². The first-order valence-corrected chi connectivity index (χ1v) is 5.94. The second kappa shape index (κ2) is 5.78. The van der Waals surface area contributed by atoms with Gasteiger partial charge in [0, 0.05) is 11.5 Å². The molecule has 96 valence electrons. The van der Waals surface area contributed by atoms with Crippen molar-refractivity contribution in [2.75, 3.05) is 19.8 Å². The van der Waals surface area contributed by atoms with Crippen LogP contribution in [0.25, 0.3) is 0 Å². The zero-order valence-corrected chi connectivity index (χ0v) is 10.5. The highest BCUT2D eigenvalue weighted by molar-refractivity contribution is 6.29. The molecule has 2 rings (SSSR count). The fraction of sp³-hybridized carbons (Fsp3) is 0.308. The summed E-state index contributed by atoms with van der Waals surface area (Å²) < 4.78 is 15.9. The van der Waals surface area contributed by atoms with Crippen LogP contribution < -0.4 is 9.47 Å². The SMILES string of the molecule is C=C(Cl)COC(=O)c1ccc2c(c1)OCCCO2. The Morgan fingerprint density at radius 2 is 2.06 bits per heavy atom. The van der Waals surface area contributed by atoms with Gasteiger partial charge >= 0.3 is 5.97 Å². The van der Waals surface area contributed by atoms with Gasteiger partial charge in [0.2, 0.25) is 0 Å². The number of halogens is 1. The first kappa shape index (κ1) is 12.8. The number of carbonyl (C=O) groups excluding carboxylic acids is 1. The zero-order chi connectivity index (χ0) is 13.0. The van der Waals surface area contributed by atoms with Crippen molar-refractivity contribution in [2.24, 2.45) is 0 Å². The van der Waals surface area contributed by atoms with Crippen LogP contribution in [0.4, 0.5) is 0 Å². The largest absolute Gasteiger partial charge is 0.490 e. The van der Waals surface area contributed by atoms with Gasteiger partial charge in [0.25, 0.3) is 0 Å². The Morgan fingerprint density at radius 1 is 1.33 bits per heavy atom. The third kappa shape index (κ3) is 3.17. The van der Waals surface area contributed by atoms with E-state index in [0.717, 1.165) is 6.42 Å². The summed E-state index contributed by atoms with van der Waals surface area (Å²) in [6, 6.07) is 4.94. The van der Waals surface area contributed by atoms with Gasteiger partial charge in [-0.2, -0.15) is 0 Å². The standard InChI is InChI=1S/C13H13ClO4/c1-9(14)8-18-13(15)10-3-4-11-12(7-10)17-6-2-5-16-11/h3-4,7H,1-2,5-6,8H2. The van der Waals surface area contributed by atoms with Crippen LogP contribution in [0.15, 0.2) is 29.8 Å². The number of ether oxygens (including phenoxy) is 3. The van der Waals surface area contributed by atoms with E-state index in [9.17, 15) is 4.79 Å². The Kier molecular flexibility index (Phi) is 4.10. The van der Waals surface area contributed by atoms with Crippen LogP contribution in [0.1, 0.15) is 16.8 Å². The number of esters is 1. The fourth-order valence-electron chi connectivity index (χ4n) is 1.52. The lowest BCUT2D eigenvalue weighted by atomic mass is 10.2. The lowest BCUT2D eigenvalue weighted by molar-refractivity contribution is 0.0545. The molecule has 0 atom stereocenters. The third-order valence-electron chi connectivity index (χ3n) is 2.34. The molecule has 0 fully saturated rings. The number of fused-ring (bicyclic) bond motifs is 1. The summed E-state index contributed by atoms with van der Waals surface area (Å²) in [6.45, 7) is 4.63. The quantitative estimate of drug-likeness (QED) is 0.791. The van der Waals surface area contributed by atoms with Crippen LogP contribution in [-0.2, 0) is 4.74 Å². The molecule has 0 saturated heterocycles. The van der Waals surface area contributed by atoms with E-state index in [1.807, 2.05) is 0 Å². The molecular weight excluding hydrogens is 256 g/mol. The van der Waals surface area contributed by atoms with Gasteiger partial charge in [0.05, 0.1) is 18.8 Å². The van der Waals surface area contributed by atoms with E-state index in [1.165, 1.54) is 0 Å². The van der Waals surface area contributed by atoms with Crippen LogP contribution >= 0.6 is 11.6 Å². The van der Waals surface area contributed by atoms with E-state index in [2.05, 4.69) is 6.58 Å². The topological polar surface area (TPSA) is 44.8 Å². The van der Waals surface area contributed by atoms with Crippen molar-refractivity contribution in [3.63, 3.8) is 0 Å².